The van der Waals surface area contributed by atoms with Crippen LogP contribution in [0.15, 0.2) is 6.33 Å². The van der Waals surface area contributed by atoms with Gasteiger partial charge in [-0.1, -0.05) is 11.6 Å². The maximum Gasteiger partial charge on any atom is 0.233 e. The molecule has 0 aliphatic heterocycles. The van der Waals surface area contributed by atoms with Crippen LogP contribution in [0.2, 0.25) is 5.15 Å². The van der Waals surface area contributed by atoms with Crippen molar-refractivity contribution in [1.82, 2.24) is 19.9 Å². The number of aromatic amines is 1. The summed E-state index contributed by atoms with van der Waals surface area (Å²) in [5.41, 5.74) is 5.76. The highest BCUT2D eigenvalue weighted by Crippen LogP contribution is 2.20. The Labute approximate surface area is 108 Å². The van der Waals surface area contributed by atoms with E-state index in [9.17, 15) is 4.79 Å². The number of carbonyl (C=O) groups is 1. The number of rotatable bonds is 3. The van der Waals surface area contributed by atoms with Crippen LogP contribution in [-0.4, -0.2) is 32.4 Å². The fourth-order valence-corrected chi connectivity index (χ4v) is 1.44. The van der Waals surface area contributed by atoms with Crippen LogP contribution >= 0.6 is 11.6 Å². The molecule has 96 valence electrons. The Morgan fingerprint density at radius 3 is 2.94 bits per heavy atom. The molecule has 0 spiro atoms. The third-order valence-corrected chi connectivity index (χ3v) is 2.87. The molecule has 0 bridgehead atoms. The number of imidazole rings is 1. The van der Waals surface area contributed by atoms with Crippen molar-refractivity contribution in [3.8, 4) is 0 Å². The lowest BCUT2D eigenvalue weighted by atomic mass is 9.93. The quantitative estimate of drug-likeness (QED) is 0.718. The molecule has 2 aromatic heterocycles. The molecule has 18 heavy (non-hydrogen) atoms. The number of nitrogens with one attached hydrogen (secondary N) is 2. The van der Waals surface area contributed by atoms with Crippen molar-refractivity contribution in [2.24, 2.45) is 11.1 Å². The molecule has 2 rings (SSSR count). The number of H-pyrrole nitrogens is 1. The molecular formula is C10H13ClN6O. The molecule has 0 unspecified atom stereocenters. The van der Waals surface area contributed by atoms with Gasteiger partial charge in [-0.05, 0) is 13.8 Å². The minimum absolute atomic E-state index is 0.117. The van der Waals surface area contributed by atoms with Crippen molar-refractivity contribution in [3.63, 3.8) is 0 Å². The third kappa shape index (κ3) is 2.27. The van der Waals surface area contributed by atoms with E-state index in [0.717, 1.165) is 0 Å². The Morgan fingerprint density at radius 1 is 1.56 bits per heavy atom. The highest BCUT2D eigenvalue weighted by atomic mass is 35.5. The van der Waals surface area contributed by atoms with Crippen LogP contribution < -0.4 is 11.1 Å². The molecule has 1 amide bonds. The molecule has 0 fully saturated rings. The number of fused-ring (bicyclic) bond motifs is 1. The van der Waals surface area contributed by atoms with Crippen LogP contribution in [0.1, 0.15) is 13.8 Å². The van der Waals surface area contributed by atoms with Gasteiger partial charge in [-0.3, -0.25) is 10.1 Å². The van der Waals surface area contributed by atoms with Crippen molar-refractivity contribution in [2.45, 2.75) is 13.8 Å². The molecule has 4 N–H and O–H groups in total. The predicted octanol–water partition coefficient (Wildman–Crippen LogP) is 0.930. The molecule has 8 heteroatoms. The van der Waals surface area contributed by atoms with Crippen molar-refractivity contribution >= 4 is 34.6 Å². The third-order valence-electron chi connectivity index (χ3n) is 2.59. The zero-order chi connectivity index (χ0) is 13.3. The summed E-state index contributed by atoms with van der Waals surface area (Å²) in [4.78, 5) is 26.7. The minimum Gasteiger partial charge on any atom is -0.341 e. The van der Waals surface area contributed by atoms with Crippen LogP contribution in [0.5, 0.6) is 0 Å². The first-order valence-electron chi connectivity index (χ1n) is 5.32. The van der Waals surface area contributed by atoms with E-state index in [0.29, 0.717) is 11.2 Å². The van der Waals surface area contributed by atoms with Crippen LogP contribution in [0.4, 0.5) is 5.95 Å². The topological polar surface area (TPSA) is 110 Å². The van der Waals surface area contributed by atoms with Gasteiger partial charge < -0.3 is 10.7 Å². The van der Waals surface area contributed by atoms with Gasteiger partial charge in [-0.25, -0.2) is 4.98 Å². The first kappa shape index (κ1) is 12.7. The Morgan fingerprint density at radius 2 is 2.28 bits per heavy atom. The van der Waals surface area contributed by atoms with Gasteiger partial charge in [0.15, 0.2) is 10.8 Å². The standard InChI is InChI=1S/C10H13ClN6O/c1-10(2,3-12)8(18)17-9-15-6(11)5-7(16-9)14-4-13-5/h4H,3,12H2,1-2H3,(H2,13,14,15,16,17,18). The monoisotopic (exact) mass is 268 g/mol. The molecule has 0 saturated heterocycles. The lowest BCUT2D eigenvalue weighted by Gasteiger charge is -2.20. The van der Waals surface area contributed by atoms with E-state index in [-0.39, 0.29) is 23.6 Å². The Balaban J connectivity index is 2.30. The molecule has 0 radical (unpaired) electrons. The normalized spacial score (nSPS) is 11.8. The fourth-order valence-electron chi connectivity index (χ4n) is 1.22. The molecule has 7 nitrogen and oxygen atoms in total. The molecule has 2 heterocycles. The zero-order valence-electron chi connectivity index (χ0n) is 9.99. The average molecular weight is 269 g/mol. The molecule has 0 aliphatic rings. The van der Waals surface area contributed by atoms with Crippen molar-refractivity contribution < 1.29 is 4.79 Å². The van der Waals surface area contributed by atoms with Crippen LogP contribution in [0.3, 0.4) is 0 Å². The van der Waals surface area contributed by atoms with E-state index in [2.05, 4.69) is 25.3 Å². The zero-order valence-corrected chi connectivity index (χ0v) is 10.7. The maximum absolute atomic E-state index is 11.9. The smallest absolute Gasteiger partial charge is 0.233 e. The van der Waals surface area contributed by atoms with Gasteiger partial charge in [0.1, 0.15) is 5.52 Å². The first-order valence-corrected chi connectivity index (χ1v) is 5.70. The number of hydrogen-bond acceptors (Lipinski definition) is 5. The summed E-state index contributed by atoms with van der Waals surface area (Å²) in [6, 6.07) is 0. The van der Waals surface area contributed by atoms with Gasteiger partial charge in [0.05, 0.1) is 11.7 Å². The van der Waals surface area contributed by atoms with E-state index in [1.165, 1.54) is 6.33 Å². The summed E-state index contributed by atoms with van der Waals surface area (Å²) in [5.74, 6) is -0.151. The maximum atomic E-state index is 11.9. The van der Waals surface area contributed by atoms with Gasteiger partial charge in [0.2, 0.25) is 11.9 Å². The molecular weight excluding hydrogens is 256 g/mol. The highest BCUT2D eigenvalue weighted by Gasteiger charge is 2.26. The van der Waals surface area contributed by atoms with E-state index < -0.39 is 5.41 Å². The molecule has 0 aromatic carbocycles. The van der Waals surface area contributed by atoms with Gasteiger partial charge in [-0.2, -0.15) is 9.97 Å². The largest absolute Gasteiger partial charge is 0.341 e. The molecule has 0 atom stereocenters. The number of nitrogens with zero attached hydrogens (tertiary/aromatic N) is 3. The number of anilines is 1. The second-order valence-electron chi connectivity index (χ2n) is 4.48. The minimum atomic E-state index is -0.698. The number of aromatic nitrogens is 4. The van der Waals surface area contributed by atoms with Crippen molar-refractivity contribution in [2.75, 3.05) is 11.9 Å². The second kappa shape index (κ2) is 4.51. The summed E-state index contributed by atoms with van der Waals surface area (Å²) in [7, 11) is 0. The summed E-state index contributed by atoms with van der Waals surface area (Å²) >= 11 is 5.94. The Kier molecular flexibility index (Phi) is 3.18. The number of amides is 1. The van der Waals surface area contributed by atoms with E-state index in [4.69, 9.17) is 17.3 Å². The van der Waals surface area contributed by atoms with Crippen LogP contribution in [0, 0.1) is 5.41 Å². The van der Waals surface area contributed by atoms with Crippen molar-refractivity contribution in [3.05, 3.63) is 11.5 Å². The van der Waals surface area contributed by atoms with Gasteiger partial charge >= 0.3 is 0 Å². The van der Waals surface area contributed by atoms with Gasteiger partial charge in [0, 0.05) is 6.54 Å². The number of halogens is 1. The van der Waals surface area contributed by atoms with Crippen LogP contribution in [0.25, 0.3) is 11.2 Å². The van der Waals surface area contributed by atoms with E-state index >= 15 is 0 Å². The number of nitrogens with two attached hydrogens (primary N) is 1. The molecule has 2 aromatic rings. The fraction of sp³-hybridized carbons (Fsp3) is 0.400. The Hall–Kier alpha value is -1.73. The lowest BCUT2D eigenvalue weighted by molar-refractivity contribution is -0.123. The average Bonchev–Trinajstić information content (AvgIpc) is 2.77. The van der Waals surface area contributed by atoms with Crippen LogP contribution in [-0.2, 0) is 4.79 Å². The van der Waals surface area contributed by atoms with Gasteiger partial charge in [0.25, 0.3) is 0 Å². The number of hydrogen-bond donors (Lipinski definition) is 3. The SMILES string of the molecule is CC(C)(CN)C(=O)Nc1nc(Cl)c2[nH]cnc2n1. The summed E-state index contributed by atoms with van der Waals surface area (Å²) in [6.07, 6.45) is 1.46. The highest BCUT2D eigenvalue weighted by molar-refractivity contribution is 6.33. The Bertz CT molecular complexity index is 593. The van der Waals surface area contributed by atoms with E-state index in [1.54, 1.807) is 13.8 Å². The van der Waals surface area contributed by atoms with Gasteiger partial charge in [-0.15, -0.1) is 0 Å². The van der Waals surface area contributed by atoms with E-state index in [1.807, 2.05) is 0 Å². The molecule has 0 aliphatic carbocycles. The number of carbonyl (C=O) groups excluding carboxylic acids is 1. The summed E-state index contributed by atoms with van der Waals surface area (Å²) < 4.78 is 0. The summed E-state index contributed by atoms with van der Waals surface area (Å²) in [6.45, 7) is 3.69. The molecule has 0 saturated carbocycles. The predicted molar refractivity (Wildman–Crippen MR) is 68.2 cm³/mol. The summed E-state index contributed by atoms with van der Waals surface area (Å²) in [5, 5.41) is 2.78. The second-order valence-corrected chi connectivity index (χ2v) is 4.84. The van der Waals surface area contributed by atoms with Crippen molar-refractivity contribution in [1.29, 1.82) is 0 Å². The first-order chi connectivity index (χ1) is 8.44. The lowest BCUT2D eigenvalue weighted by Crippen LogP contribution is -2.37.